The Bertz CT molecular complexity index is 1320. The largest absolute Gasteiger partial charge is 0.333 e. The summed E-state index contributed by atoms with van der Waals surface area (Å²) in [6.07, 6.45) is 0.579. The molecule has 7 nitrogen and oxygen atoms in total. The van der Waals surface area contributed by atoms with Crippen LogP contribution in [-0.4, -0.2) is 38.9 Å². The van der Waals surface area contributed by atoms with E-state index >= 15 is 0 Å². The number of thiophene rings is 1. The first-order chi connectivity index (χ1) is 16.8. The van der Waals surface area contributed by atoms with Crippen LogP contribution in [0.2, 0.25) is 0 Å². The average molecular weight is 498 g/mol. The topological polar surface area (TPSA) is 91.0 Å². The molecule has 2 aromatic heterocycles. The van der Waals surface area contributed by atoms with E-state index in [0.717, 1.165) is 29.7 Å². The number of hydrogen-bond acceptors (Lipinski definition) is 5. The Morgan fingerprint density at radius 3 is 2.74 bits per heavy atom. The zero-order chi connectivity index (χ0) is 25.1. The first kappa shape index (κ1) is 24.5. The summed E-state index contributed by atoms with van der Waals surface area (Å²) in [6.45, 7) is 4.74. The smallest absolute Gasteiger partial charge is 0.272 e. The number of anilines is 1. The lowest BCUT2D eigenvalue weighted by molar-refractivity contribution is -0.127. The molecule has 1 saturated heterocycles. The van der Waals surface area contributed by atoms with E-state index in [2.05, 4.69) is 10.3 Å². The van der Waals surface area contributed by atoms with E-state index in [1.807, 2.05) is 48.7 Å². The predicted molar refractivity (Wildman–Crippen MR) is 130 cm³/mol. The van der Waals surface area contributed by atoms with Crippen molar-refractivity contribution in [1.82, 2.24) is 14.5 Å². The van der Waals surface area contributed by atoms with E-state index in [1.165, 1.54) is 12.1 Å². The van der Waals surface area contributed by atoms with Gasteiger partial charge in [-0.25, -0.2) is 13.8 Å². The van der Waals surface area contributed by atoms with Crippen LogP contribution in [0.4, 0.5) is 14.7 Å². The molecule has 4 rings (SSSR count). The molecule has 1 aromatic carbocycles. The Morgan fingerprint density at radius 1 is 1.29 bits per heavy atom. The molecule has 1 unspecified atom stereocenters. The number of halogens is 2. The van der Waals surface area contributed by atoms with Crippen molar-refractivity contribution in [3.63, 3.8) is 0 Å². The Kier molecular flexibility index (Phi) is 7.26. The van der Waals surface area contributed by atoms with Crippen molar-refractivity contribution < 1.29 is 18.4 Å². The third-order valence-corrected chi connectivity index (χ3v) is 6.92. The normalized spacial score (nSPS) is 16.3. The Morgan fingerprint density at radius 2 is 2.06 bits per heavy atom. The van der Waals surface area contributed by atoms with Gasteiger partial charge in [-0.2, -0.15) is 5.26 Å². The number of amides is 2. The monoisotopic (exact) mass is 497 g/mol. The first-order valence-corrected chi connectivity index (χ1v) is 12.2. The minimum Gasteiger partial charge on any atom is -0.333 e. The molecular formula is C25H25F2N5O2S. The van der Waals surface area contributed by atoms with Gasteiger partial charge in [-0.15, -0.1) is 11.3 Å². The number of hydrogen-bond donors (Lipinski definition) is 1. The van der Waals surface area contributed by atoms with Gasteiger partial charge in [0.2, 0.25) is 5.95 Å². The van der Waals surface area contributed by atoms with Gasteiger partial charge in [0.15, 0.2) is 0 Å². The number of alkyl halides is 2. The molecule has 1 atom stereocenters. The SMILES string of the molecule is CC(C)/C=C(\C#N)C(=O)N1CCCC1Cn1c(NC(=O)c2ccc(C(F)F)s2)nc2ccccc21. The minimum absolute atomic E-state index is 0.0666. The number of nitrogens with one attached hydrogen (secondary N) is 1. The molecular weight excluding hydrogens is 472 g/mol. The maximum atomic E-state index is 13.1. The molecule has 3 heterocycles. The lowest BCUT2D eigenvalue weighted by Gasteiger charge is -2.26. The number of nitrogens with zero attached hydrogens (tertiary/aromatic N) is 4. The Hall–Kier alpha value is -3.58. The molecule has 0 saturated carbocycles. The minimum atomic E-state index is -2.64. The molecule has 1 fully saturated rings. The van der Waals surface area contributed by atoms with Crippen molar-refractivity contribution in [2.45, 2.75) is 45.7 Å². The van der Waals surface area contributed by atoms with Crippen molar-refractivity contribution in [2.75, 3.05) is 11.9 Å². The number of para-hydroxylation sites is 2. The number of carbonyl (C=O) groups excluding carboxylic acids is 2. The highest BCUT2D eigenvalue weighted by Crippen LogP contribution is 2.29. The first-order valence-electron chi connectivity index (χ1n) is 11.4. The van der Waals surface area contributed by atoms with Crippen molar-refractivity contribution in [3.8, 4) is 6.07 Å². The van der Waals surface area contributed by atoms with Crippen LogP contribution in [0.3, 0.4) is 0 Å². The van der Waals surface area contributed by atoms with Crippen LogP contribution in [0.25, 0.3) is 11.0 Å². The lowest BCUT2D eigenvalue weighted by Crippen LogP contribution is -2.39. The van der Waals surface area contributed by atoms with Gasteiger partial charge in [0.05, 0.1) is 26.8 Å². The van der Waals surface area contributed by atoms with Crippen LogP contribution in [0.1, 0.15) is 47.7 Å². The number of aromatic nitrogens is 2. The fourth-order valence-electron chi connectivity index (χ4n) is 4.26. The number of rotatable bonds is 7. The maximum absolute atomic E-state index is 13.1. The summed E-state index contributed by atoms with van der Waals surface area (Å²) < 4.78 is 27.8. The van der Waals surface area contributed by atoms with E-state index in [-0.39, 0.29) is 39.1 Å². The van der Waals surface area contributed by atoms with Crippen molar-refractivity contribution in [1.29, 1.82) is 5.26 Å². The highest BCUT2D eigenvalue weighted by molar-refractivity contribution is 7.14. The van der Waals surface area contributed by atoms with Crippen molar-refractivity contribution in [3.05, 3.63) is 57.8 Å². The lowest BCUT2D eigenvalue weighted by atomic mass is 10.1. The van der Waals surface area contributed by atoms with Crippen LogP contribution in [-0.2, 0) is 11.3 Å². The zero-order valence-electron chi connectivity index (χ0n) is 19.4. The second kappa shape index (κ2) is 10.4. The molecule has 0 aliphatic carbocycles. The number of nitriles is 1. The Balaban J connectivity index is 1.62. The van der Waals surface area contributed by atoms with E-state index in [1.54, 1.807) is 11.0 Å². The third-order valence-electron chi connectivity index (χ3n) is 5.83. The molecule has 0 spiro atoms. The van der Waals surface area contributed by atoms with Crippen molar-refractivity contribution >= 4 is 40.1 Å². The number of fused-ring (bicyclic) bond motifs is 1. The van der Waals surface area contributed by atoms with Gasteiger partial charge >= 0.3 is 0 Å². The van der Waals surface area contributed by atoms with E-state index in [0.29, 0.717) is 18.6 Å². The Labute approximate surface area is 205 Å². The standard InChI is InChI=1S/C25H25F2N5O2S/c1-15(2)12-16(13-28)24(34)31-11-5-6-17(31)14-32-19-8-4-3-7-18(19)29-25(32)30-23(33)21-10-9-20(35-21)22(26)27/h3-4,7-10,12,15,17,22H,5-6,11,14H2,1-2H3,(H,29,30,33)/b16-12+. The van der Waals surface area contributed by atoms with Crippen LogP contribution < -0.4 is 5.32 Å². The van der Waals surface area contributed by atoms with Gasteiger partial charge in [-0.1, -0.05) is 32.1 Å². The predicted octanol–water partition coefficient (Wildman–Crippen LogP) is 5.38. The molecule has 182 valence electrons. The second-order valence-corrected chi connectivity index (χ2v) is 9.84. The van der Waals surface area contributed by atoms with Gasteiger partial charge in [-0.05, 0) is 43.0 Å². The zero-order valence-corrected chi connectivity index (χ0v) is 20.2. The second-order valence-electron chi connectivity index (χ2n) is 8.72. The summed E-state index contributed by atoms with van der Waals surface area (Å²) in [5.74, 6) is -0.473. The number of benzene rings is 1. The van der Waals surface area contributed by atoms with E-state index in [4.69, 9.17) is 0 Å². The third kappa shape index (κ3) is 5.25. The fraction of sp³-hybridized carbons (Fsp3) is 0.360. The van der Waals surface area contributed by atoms with Gasteiger partial charge in [0, 0.05) is 13.1 Å². The van der Waals surface area contributed by atoms with Gasteiger partial charge in [0.1, 0.15) is 11.6 Å². The summed E-state index contributed by atoms with van der Waals surface area (Å²) in [5.41, 5.74) is 1.57. The van der Waals surface area contributed by atoms with Crippen molar-refractivity contribution in [2.24, 2.45) is 5.92 Å². The summed E-state index contributed by atoms with van der Waals surface area (Å²) in [4.78, 5) is 32.2. The van der Waals surface area contributed by atoms with Gasteiger partial charge in [-0.3, -0.25) is 14.9 Å². The van der Waals surface area contributed by atoms with Gasteiger partial charge < -0.3 is 9.47 Å². The van der Waals surface area contributed by atoms with E-state index in [9.17, 15) is 23.6 Å². The summed E-state index contributed by atoms with van der Waals surface area (Å²) in [7, 11) is 0. The average Bonchev–Trinajstić information content (AvgIpc) is 3.56. The quantitative estimate of drug-likeness (QED) is 0.350. The molecule has 1 N–H and O–H groups in total. The highest BCUT2D eigenvalue weighted by atomic mass is 32.1. The molecule has 1 aliphatic rings. The fourth-order valence-corrected chi connectivity index (χ4v) is 5.02. The molecule has 35 heavy (non-hydrogen) atoms. The number of carbonyl (C=O) groups is 2. The summed E-state index contributed by atoms with van der Waals surface area (Å²) in [6, 6.07) is 11.8. The number of allylic oxidation sites excluding steroid dienone is 1. The van der Waals surface area contributed by atoms with E-state index < -0.39 is 12.3 Å². The molecule has 2 amide bonds. The van der Waals surface area contributed by atoms with Crippen LogP contribution in [0.5, 0.6) is 0 Å². The maximum Gasteiger partial charge on any atom is 0.272 e. The van der Waals surface area contributed by atoms with Crippen LogP contribution >= 0.6 is 11.3 Å². The molecule has 0 bridgehead atoms. The summed E-state index contributed by atoms with van der Waals surface area (Å²) in [5, 5.41) is 12.3. The molecule has 0 radical (unpaired) electrons. The number of imidazole rings is 1. The van der Waals surface area contributed by atoms with Crippen LogP contribution in [0.15, 0.2) is 48.0 Å². The molecule has 10 heteroatoms. The van der Waals surface area contributed by atoms with Crippen LogP contribution in [0, 0.1) is 17.2 Å². The number of likely N-dealkylation sites (tertiary alicyclic amines) is 1. The highest BCUT2D eigenvalue weighted by Gasteiger charge is 2.32. The molecule has 3 aromatic rings. The van der Waals surface area contributed by atoms with Gasteiger partial charge in [0.25, 0.3) is 18.2 Å². The summed E-state index contributed by atoms with van der Waals surface area (Å²) >= 11 is 0.740. The molecule has 1 aliphatic heterocycles.